The maximum atomic E-state index is 11.4. The molecule has 0 aliphatic carbocycles. The Hall–Kier alpha value is -1.44. The molecule has 15 heavy (non-hydrogen) atoms. The standard InChI is InChI=1S/C8H10N2O4S/c11-8(12)6-9-10-15(13,14)7-4-2-1-3-5-7/h1-5,9-10H,6H2,(H,11,12). The first-order valence-electron chi connectivity index (χ1n) is 4.04. The van der Waals surface area contributed by atoms with E-state index in [0.717, 1.165) is 0 Å². The molecule has 1 aromatic carbocycles. The summed E-state index contributed by atoms with van der Waals surface area (Å²) < 4.78 is 22.9. The Kier molecular flexibility index (Phi) is 3.78. The number of carboxylic acid groups (broad SMARTS) is 1. The molecule has 0 saturated carbocycles. The van der Waals surface area contributed by atoms with Gasteiger partial charge in [-0.3, -0.25) is 4.79 Å². The van der Waals surface area contributed by atoms with Crippen molar-refractivity contribution in [3.8, 4) is 0 Å². The zero-order chi connectivity index (χ0) is 11.3. The molecule has 0 aromatic heterocycles. The Balaban J connectivity index is 2.65. The molecule has 0 radical (unpaired) electrons. The predicted molar refractivity (Wildman–Crippen MR) is 52.4 cm³/mol. The molecular weight excluding hydrogens is 220 g/mol. The molecular formula is C8H10N2O4S. The summed E-state index contributed by atoms with van der Waals surface area (Å²) in [4.78, 5) is 12.1. The molecule has 0 amide bonds. The third-order valence-electron chi connectivity index (χ3n) is 1.50. The van der Waals surface area contributed by atoms with E-state index in [1.54, 1.807) is 18.2 Å². The quantitative estimate of drug-likeness (QED) is 0.596. The van der Waals surface area contributed by atoms with E-state index in [4.69, 9.17) is 5.11 Å². The number of rotatable bonds is 5. The van der Waals surface area contributed by atoms with Crippen molar-refractivity contribution in [3.05, 3.63) is 30.3 Å². The van der Waals surface area contributed by atoms with E-state index < -0.39 is 22.5 Å². The number of hydrazine groups is 1. The molecule has 0 bridgehead atoms. The molecule has 7 heteroatoms. The van der Waals surface area contributed by atoms with Crippen LogP contribution in [0.25, 0.3) is 0 Å². The van der Waals surface area contributed by atoms with E-state index in [0.29, 0.717) is 0 Å². The van der Waals surface area contributed by atoms with Crippen LogP contribution in [0.15, 0.2) is 35.2 Å². The highest BCUT2D eigenvalue weighted by atomic mass is 32.2. The zero-order valence-corrected chi connectivity index (χ0v) is 8.49. The number of sulfonamides is 1. The third-order valence-corrected chi connectivity index (χ3v) is 2.81. The second-order valence-electron chi connectivity index (χ2n) is 2.67. The summed E-state index contributed by atoms with van der Waals surface area (Å²) in [5.74, 6) is -1.15. The summed E-state index contributed by atoms with van der Waals surface area (Å²) in [6.07, 6.45) is 0. The zero-order valence-electron chi connectivity index (χ0n) is 7.67. The molecule has 0 fully saturated rings. The summed E-state index contributed by atoms with van der Waals surface area (Å²) in [5, 5.41) is 8.28. The number of aliphatic carboxylic acids is 1. The highest BCUT2D eigenvalue weighted by Crippen LogP contribution is 2.05. The van der Waals surface area contributed by atoms with Gasteiger partial charge in [0.1, 0.15) is 6.54 Å². The van der Waals surface area contributed by atoms with Crippen LogP contribution < -0.4 is 10.3 Å². The first-order valence-corrected chi connectivity index (χ1v) is 5.52. The molecule has 82 valence electrons. The molecule has 0 heterocycles. The van der Waals surface area contributed by atoms with Crippen molar-refractivity contribution in [1.82, 2.24) is 10.3 Å². The first-order chi connectivity index (χ1) is 7.02. The normalized spacial score (nSPS) is 11.2. The van der Waals surface area contributed by atoms with Gasteiger partial charge in [0.05, 0.1) is 4.90 Å². The van der Waals surface area contributed by atoms with E-state index >= 15 is 0 Å². The Morgan fingerprint density at radius 2 is 1.87 bits per heavy atom. The number of carbonyl (C=O) groups is 1. The minimum atomic E-state index is -3.68. The van der Waals surface area contributed by atoms with Crippen LogP contribution in [-0.4, -0.2) is 26.0 Å². The molecule has 6 nitrogen and oxygen atoms in total. The highest BCUT2D eigenvalue weighted by molar-refractivity contribution is 7.89. The van der Waals surface area contributed by atoms with Crippen LogP contribution in [0.3, 0.4) is 0 Å². The minimum absolute atomic E-state index is 0.0721. The van der Waals surface area contributed by atoms with Crippen molar-refractivity contribution in [2.24, 2.45) is 0 Å². The van der Waals surface area contributed by atoms with E-state index in [2.05, 4.69) is 5.43 Å². The van der Waals surface area contributed by atoms with E-state index in [9.17, 15) is 13.2 Å². The van der Waals surface area contributed by atoms with Crippen LogP contribution in [0.1, 0.15) is 0 Å². The molecule has 1 rings (SSSR count). The van der Waals surface area contributed by atoms with E-state index in [1.807, 2.05) is 4.83 Å². The van der Waals surface area contributed by atoms with Crippen molar-refractivity contribution >= 4 is 16.0 Å². The van der Waals surface area contributed by atoms with Gasteiger partial charge in [-0.1, -0.05) is 18.2 Å². The average Bonchev–Trinajstić information content (AvgIpc) is 2.18. The molecule has 0 unspecified atom stereocenters. The van der Waals surface area contributed by atoms with Gasteiger partial charge in [0.2, 0.25) is 0 Å². The Morgan fingerprint density at radius 3 is 2.40 bits per heavy atom. The van der Waals surface area contributed by atoms with Crippen LogP contribution in [-0.2, 0) is 14.8 Å². The van der Waals surface area contributed by atoms with Crippen molar-refractivity contribution in [2.45, 2.75) is 4.90 Å². The number of hydrogen-bond acceptors (Lipinski definition) is 4. The van der Waals surface area contributed by atoms with Crippen molar-refractivity contribution in [1.29, 1.82) is 0 Å². The van der Waals surface area contributed by atoms with Gasteiger partial charge in [-0.2, -0.15) is 0 Å². The van der Waals surface area contributed by atoms with Gasteiger partial charge in [0.15, 0.2) is 0 Å². The number of benzene rings is 1. The van der Waals surface area contributed by atoms with Crippen LogP contribution >= 0.6 is 0 Å². The topological polar surface area (TPSA) is 95.5 Å². The second kappa shape index (κ2) is 4.87. The third kappa shape index (κ3) is 3.66. The Labute approximate surface area is 86.9 Å². The summed E-state index contributed by atoms with van der Waals surface area (Å²) in [5.41, 5.74) is 2.09. The lowest BCUT2D eigenvalue weighted by Crippen LogP contribution is -2.40. The summed E-state index contributed by atoms with van der Waals surface area (Å²) >= 11 is 0. The first kappa shape index (κ1) is 11.6. The number of carboxylic acids is 1. The number of nitrogens with one attached hydrogen (secondary N) is 2. The lowest BCUT2D eigenvalue weighted by molar-refractivity contribution is -0.136. The Morgan fingerprint density at radius 1 is 1.27 bits per heavy atom. The smallest absolute Gasteiger partial charge is 0.318 e. The molecule has 0 saturated heterocycles. The van der Waals surface area contributed by atoms with Crippen LogP contribution in [0.2, 0.25) is 0 Å². The lowest BCUT2D eigenvalue weighted by atomic mass is 10.4. The monoisotopic (exact) mass is 230 g/mol. The summed E-state index contributed by atoms with van der Waals surface area (Å²) in [6.45, 7) is -0.480. The lowest BCUT2D eigenvalue weighted by Gasteiger charge is -2.05. The van der Waals surface area contributed by atoms with Crippen molar-refractivity contribution < 1.29 is 18.3 Å². The van der Waals surface area contributed by atoms with Crippen molar-refractivity contribution in [3.63, 3.8) is 0 Å². The van der Waals surface area contributed by atoms with Crippen molar-refractivity contribution in [2.75, 3.05) is 6.54 Å². The molecule has 0 spiro atoms. The maximum absolute atomic E-state index is 11.4. The van der Waals surface area contributed by atoms with E-state index in [1.165, 1.54) is 12.1 Å². The fourth-order valence-corrected chi connectivity index (χ4v) is 1.76. The van der Waals surface area contributed by atoms with Crippen LogP contribution in [0.4, 0.5) is 0 Å². The van der Waals surface area contributed by atoms with E-state index in [-0.39, 0.29) is 4.90 Å². The van der Waals surface area contributed by atoms with Gasteiger partial charge < -0.3 is 5.11 Å². The van der Waals surface area contributed by atoms with Gasteiger partial charge >= 0.3 is 5.97 Å². The largest absolute Gasteiger partial charge is 0.480 e. The van der Waals surface area contributed by atoms with Gasteiger partial charge in [-0.25, -0.2) is 13.8 Å². The molecule has 0 aliphatic rings. The fraction of sp³-hybridized carbons (Fsp3) is 0.125. The molecule has 0 atom stereocenters. The van der Waals surface area contributed by atoms with Gasteiger partial charge in [-0.05, 0) is 12.1 Å². The van der Waals surface area contributed by atoms with Gasteiger partial charge in [0.25, 0.3) is 10.0 Å². The highest BCUT2D eigenvalue weighted by Gasteiger charge is 2.12. The minimum Gasteiger partial charge on any atom is -0.480 e. The predicted octanol–water partition coefficient (Wildman–Crippen LogP) is -0.446. The van der Waals surface area contributed by atoms with Gasteiger partial charge in [0, 0.05) is 0 Å². The Bertz CT molecular complexity index is 429. The van der Waals surface area contributed by atoms with Crippen LogP contribution in [0, 0.1) is 0 Å². The molecule has 0 aliphatic heterocycles. The van der Waals surface area contributed by atoms with Crippen LogP contribution in [0.5, 0.6) is 0 Å². The maximum Gasteiger partial charge on any atom is 0.318 e. The number of hydrogen-bond donors (Lipinski definition) is 3. The average molecular weight is 230 g/mol. The SMILES string of the molecule is O=C(O)CNNS(=O)(=O)c1ccccc1. The molecule has 3 N–H and O–H groups in total. The molecule has 1 aromatic rings. The summed E-state index contributed by atoms with van der Waals surface area (Å²) in [7, 11) is -3.68. The second-order valence-corrected chi connectivity index (χ2v) is 4.35. The van der Waals surface area contributed by atoms with Gasteiger partial charge in [-0.15, -0.1) is 4.83 Å². The fourth-order valence-electron chi connectivity index (χ4n) is 0.865. The summed E-state index contributed by atoms with van der Waals surface area (Å²) in [6, 6.07) is 7.65.